The number of carboxylic acid groups (broad SMARTS) is 1. The molecule has 0 aromatic heterocycles. The molecule has 0 saturated carbocycles. The molecule has 2 saturated heterocycles. The molecule has 2 heterocycles. The number of morpholine rings is 1. The summed E-state index contributed by atoms with van der Waals surface area (Å²) in [5.41, 5.74) is -0.517. The number of piperidine rings is 1. The minimum absolute atomic E-state index is 0.0522. The van der Waals surface area contributed by atoms with Crippen LogP contribution in [0.4, 0.5) is 0 Å². The van der Waals surface area contributed by atoms with Gasteiger partial charge in [0.2, 0.25) is 0 Å². The molecule has 7 nitrogen and oxygen atoms in total. The van der Waals surface area contributed by atoms with E-state index in [4.69, 9.17) is 9.84 Å². The summed E-state index contributed by atoms with van der Waals surface area (Å²) in [5, 5.41) is 9.15. The fourth-order valence-electron chi connectivity index (χ4n) is 2.92. The molecule has 21 heavy (non-hydrogen) atoms. The number of rotatable bonds is 3. The van der Waals surface area contributed by atoms with Crippen molar-refractivity contribution in [1.29, 1.82) is 0 Å². The van der Waals surface area contributed by atoms with Gasteiger partial charge >= 0.3 is 5.97 Å². The second-order valence-electron chi connectivity index (χ2n) is 6.48. The lowest BCUT2D eigenvalue weighted by atomic mass is 9.96. The van der Waals surface area contributed by atoms with Gasteiger partial charge in [0.1, 0.15) is 0 Å². The third-order valence-corrected chi connectivity index (χ3v) is 6.25. The molecule has 0 aromatic rings. The van der Waals surface area contributed by atoms with Crippen molar-refractivity contribution in [2.45, 2.75) is 45.3 Å². The molecule has 2 unspecified atom stereocenters. The second-order valence-corrected chi connectivity index (χ2v) is 8.36. The van der Waals surface area contributed by atoms with Crippen LogP contribution in [0.3, 0.4) is 0 Å². The Morgan fingerprint density at radius 3 is 2.57 bits per heavy atom. The Bertz CT molecular complexity index is 505. The van der Waals surface area contributed by atoms with Gasteiger partial charge in [-0.2, -0.15) is 17.0 Å². The maximum Gasteiger partial charge on any atom is 0.307 e. The van der Waals surface area contributed by atoms with Gasteiger partial charge in [0.25, 0.3) is 10.2 Å². The highest BCUT2D eigenvalue weighted by atomic mass is 32.2. The molecule has 0 aliphatic carbocycles. The van der Waals surface area contributed by atoms with Gasteiger partial charge in [-0.3, -0.25) is 4.79 Å². The number of hydrogen-bond acceptors (Lipinski definition) is 4. The zero-order valence-electron chi connectivity index (χ0n) is 12.8. The largest absolute Gasteiger partial charge is 0.481 e. The van der Waals surface area contributed by atoms with Crippen LogP contribution in [0, 0.1) is 5.92 Å². The average molecular weight is 320 g/mol. The zero-order valence-corrected chi connectivity index (χ0v) is 13.6. The fourth-order valence-corrected chi connectivity index (χ4v) is 4.92. The highest BCUT2D eigenvalue weighted by Crippen LogP contribution is 2.28. The van der Waals surface area contributed by atoms with Gasteiger partial charge in [0.15, 0.2) is 0 Å². The highest BCUT2D eigenvalue weighted by molar-refractivity contribution is 7.86. The van der Waals surface area contributed by atoms with Gasteiger partial charge in [-0.15, -0.1) is 0 Å². The van der Waals surface area contributed by atoms with E-state index in [1.165, 1.54) is 8.61 Å². The Hall–Kier alpha value is -0.700. The molecule has 0 bridgehead atoms. The van der Waals surface area contributed by atoms with Gasteiger partial charge in [0.05, 0.1) is 18.1 Å². The molecule has 2 rings (SSSR count). The van der Waals surface area contributed by atoms with Crippen molar-refractivity contribution < 1.29 is 23.1 Å². The lowest BCUT2D eigenvalue weighted by Gasteiger charge is -2.42. The standard InChI is InChI=1S/C13H24N2O5S/c1-10-4-5-11(12(16)17)8-15(10)21(18,19)14-6-7-20-13(2,3)9-14/h10-11H,4-9H2,1-3H3,(H,16,17). The van der Waals surface area contributed by atoms with Crippen LogP contribution in [-0.4, -0.2) is 66.0 Å². The van der Waals surface area contributed by atoms with Gasteiger partial charge in [-0.05, 0) is 33.6 Å². The van der Waals surface area contributed by atoms with Crippen molar-refractivity contribution in [3.63, 3.8) is 0 Å². The molecule has 2 fully saturated rings. The lowest BCUT2D eigenvalue weighted by Crippen LogP contribution is -2.58. The molecule has 0 amide bonds. The molecular formula is C13H24N2O5S. The van der Waals surface area contributed by atoms with Crippen LogP contribution in [0.2, 0.25) is 0 Å². The van der Waals surface area contributed by atoms with Crippen molar-refractivity contribution in [2.75, 3.05) is 26.2 Å². The zero-order chi connectivity index (χ0) is 15.8. The highest BCUT2D eigenvalue weighted by Gasteiger charge is 2.42. The van der Waals surface area contributed by atoms with E-state index in [0.29, 0.717) is 26.0 Å². The number of carbonyl (C=O) groups is 1. The summed E-state index contributed by atoms with van der Waals surface area (Å²) in [5.74, 6) is -1.55. The van der Waals surface area contributed by atoms with E-state index >= 15 is 0 Å². The predicted molar refractivity (Wildman–Crippen MR) is 77.1 cm³/mol. The second kappa shape index (κ2) is 5.83. The quantitative estimate of drug-likeness (QED) is 0.819. The predicted octanol–water partition coefficient (Wildman–Crippen LogP) is 0.527. The van der Waals surface area contributed by atoms with Crippen LogP contribution in [0.25, 0.3) is 0 Å². The van der Waals surface area contributed by atoms with Crippen LogP contribution in [0.5, 0.6) is 0 Å². The number of nitrogens with zero attached hydrogens (tertiary/aromatic N) is 2. The Morgan fingerprint density at radius 1 is 1.33 bits per heavy atom. The average Bonchev–Trinajstić information content (AvgIpc) is 2.37. The molecule has 2 aliphatic rings. The first-order valence-electron chi connectivity index (χ1n) is 7.27. The van der Waals surface area contributed by atoms with E-state index in [1.54, 1.807) is 0 Å². The molecule has 2 aliphatic heterocycles. The van der Waals surface area contributed by atoms with Crippen molar-refractivity contribution in [2.24, 2.45) is 5.92 Å². The number of ether oxygens (including phenoxy) is 1. The maximum atomic E-state index is 12.8. The summed E-state index contributed by atoms with van der Waals surface area (Å²) in [4.78, 5) is 11.2. The van der Waals surface area contributed by atoms with E-state index in [1.807, 2.05) is 20.8 Å². The van der Waals surface area contributed by atoms with E-state index < -0.39 is 27.7 Å². The van der Waals surface area contributed by atoms with Crippen LogP contribution >= 0.6 is 0 Å². The van der Waals surface area contributed by atoms with Crippen molar-refractivity contribution in [3.05, 3.63) is 0 Å². The number of aliphatic carboxylic acids is 1. The molecule has 2 atom stereocenters. The molecule has 1 N–H and O–H groups in total. The Morgan fingerprint density at radius 2 is 2.00 bits per heavy atom. The van der Waals surface area contributed by atoms with Crippen molar-refractivity contribution in [3.8, 4) is 0 Å². The first-order chi connectivity index (χ1) is 9.63. The summed E-state index contributed by atoms with van der Waals surface area (Å²) in [6, 6.07) is -0.170. The summed E-state index contributed by atoms with van der Waals surface area (Å²) >= 11 is 0. The monoisotopic (exact) mass is 320 g/mol. The Kier molecular flexibility index (Phi) is 4.63. The summed E-state index contributed by atoms with van der Waals surface area (Å²) in [6.07, 6.45) is 1.10. The summed E-state index contributed by atoms with van der Waals surface area (Å²) < 4.78 is 33.9. The van der Waals surface area contributed by atoms with Gasteiger partial charge < -0.3 is 9.84 Å². The molecule has 0 aromatic carbocycles. The van der Waals surface area contributed by atoms with Gasteiger partial charge in [-0.25, -0.2) is 0 Å². The van der Waals surface area contributed by atoms with E-state index in [9.17, 15) is 13.2 Å². The summed E-state index contributed by atoms with van der Waals surface area (Å²) in [7, 11) is -3.65. The van der Waals surface area contributed by atoms with E-state index in [0.717, 1.165) is 0 Å². The van der Waals surface area contributed by atoms with Gasteiger partial charge in [0, 0.05) is 25.7 Å². The molecule has 0 spiro atoms. The van der Waals surface area contributed by atoms with Crippen LogP contribution < -0.4 is 0 Å². The molecule has 8 heteroatoms. The van der Waals surface area contributed by atoms with E-state index in [-0.39, 0.29) is 19.1 Å². The first kappa shape index (κ1) is 16.7. The minimum Gasteiger partial charge on any atom is -0.481 e. The molecular weight excluding hydrogens is 296 g/mol. The van der Waals surface area contributed by atoms with Crippen molar-refractivity contribution in [1.82, 2.24) is 8.61 Å². The first-order valence-corrected chi connectivity index (χ1v) is 8.67. The number of carboxylic acids is 1. The van der Waals surface area contributed by atoms with E-state index in [2.05, 4.69) is 0 Å². The van der Waals surface area contributed by atoms with Crippen LogP contribution in [0.1, 0.15) is 33.6 Å². The third kappa shape index (κ3) is 3.56. The SMILES string of the molecule is CC1CCC(C(=O)O)CN1S(=O)(=O)N1CCOC(C)(C)C1. The minimum atomic E-state index is -3.65. The topological polar surface area (TPSA) is 87.2 Å². The van der Waals surface area contributed by atoms with Gasteiger partial charge in [-0.1, -0.05) is 0 Å². The molecule has 122 valence electrons. The fraction of sp³-hybridized carbons (Fsp3) is 0.923. The van der Waals surface area contributed by atoms with Crippen molar-refractivity contribution >= 4 is 16.2 Å². The van der Waals surface area contributed by atoms with Crippen LogP contribution in [-0.2, 0) is 19.7 Å². The lowest BCUT2D eigenvalue weighted by molar-refractivity contribution is -0.143. The normalized spacial score (nSPS) is 32.0. The van der Waals surface area contributed by atoms with Crippen LogP contribution in [0.15, 0.2) is 0 Å². The Labute approximate surface area is 126 Å². The third-order valence-electron chi connectivity index (χ3n) is 4.19. The maximum absolute atomic E-state index is 12.8. The summed E-state index contributed by atoms with van der Waals surface area (Å²) in [6.45, 7) is 6.56. The Balaban J connectivity index is 2.19. The smallest absolute Gasteiger partial charge is 0.307 e. The number of hydrogen-bond donors (Lipinski definition) is 1. The molecule has 0 radical (unpaired) electrons.